The third kappa shape index (κ3) is 4.70. The van der Waals surface area contributed by atoms with Crippen LogP contribution in [0.25, 0.3) is 0 Å². The molecule has 2 heterocycles. The third-order valence-electron chi connectivity index (χ3n) is 6.41. The predicted molar refractivity (Wildman–Crippen MR) is 125 cm³/mol. The van der Waals surface area contributed by atoms with Gasteiger partial charge in [-0.1, -0.05) is 42.5 Å². The summed E-state index contributed by atoms with van der Waals surface area (Å²) in [6, 6.07) is 18.6. The maximum Gasteiger partial charge on any atom is 0.341 e. The van der Waals surface area contributed by atoms with E-state index in [2.05, 4.69) is 58.5 Å². The van der Waals surface area contributed by atoms with Gasteiger partial charge in [-0.05, 0) is 59.6 Å². The van der Waals surface area contributed by atoms with Crippen molar-refractivity contribution < 1.29 is 14.6 Å². The Morgan fingerprint density at radius 3 is 2.79 bits per heavy atom. The Kier molecular flexibility index (Phi) is 5.98. The number of carboxylic acids is 1. The molecule has 0 fully saturated rings. The molecule has 2 aromatic carbocycles. The Bertz CT molecular complexity index is 1210. The lowest BCUT2D eigenvalue weighted by Crippen LogP contribution is -2.21. The normalized spacial score (nSPS) is 16.2. The number of fused-ring (bicyclic) bond motifs is 1. The number of hydrogen-bond acceptors (Lipinski definition) is 3. The molecule has 1 aliphatic carbocycles. The van der Waals surface area contributed by atoms with Gasteiger partial charge in [0.2, 0.25) is 0 Å². The van der Waals surface area contributed by atoms with Crippen LogP contribution >= 0.6 is 0 Å². The van der Waals surface area contributed by atoms with Crippen LogP contribution in [0.4, 0.5) is 0 Å². The molecule has 0 spiro atoms. The SMILES string of the molecule is O=C(O)COc1cccc2c1CCC(Cn1cc(C(c3ccccc3)c3cc[nH]c3)cn1)C2. The van der Waals surface area contributed by atoms with Crippen molar-refractivity contribution in [1.29, 1.82) is 0 Å². The second kappa shape index (κ2) is 9.36. The van der Waals surface area contributed by atoms with Crippen molar-refractivity contribution in [3.05, 3.63) is 107 Å². The first kappa shape index (κ1) is 21.1. The lowest BCUT2D eigenvalue weighted by Gasteiger charge is -2.26. The van der Waals surface area contributed by atoms with Gasteiger partial charge in [-0.25, -0.2) is 4.79 Å². The van der Waals surface area contributed by atoms with Crippen molar-refractivity contribution in [3.8, 4) is 5.75 Å². The molecule has 5 rings (SSSR count). The van der Waals surface area contributed by atoms with Gasteiger partial charge < -0.3 is 14.8 Å². The predicted octanol–water partition coefficient (Wildman–Crippen LogP) is 4.66. The molecular weight excluding hydrogens is 414 g/mol. The molecule has 4 aromatic rings. The minimum Gasteiger partial charge on any atom is -0.482 e. The first-order valence-corrected chi connectivity index (χ1v) is 11.3. The number of ether oxygens (including phenoxy) is 1. The Balaban J connectivity index is 1.32. The van der Waals surface area contributed by atoms with Gasteiger partial charge in [-0.2, -0.15) is 5.10 Å². The lowest BCUT2D eigenvalue weighted by molar-refractivity contribution is -0.139. The highest BCUT2D eigenvalue weighted by Gasteiger charge is 2.24. The summed E-state index contributed by atoms with van der Waals surface area (Å²) in [6.45, 7) is 0.550. The van der Waals surface area contributed by atoms with E-state index in [-0.39, 0.29) is 12.5 Å². The molecule has 2 aromatic heterocycles. The lowest BCUT2D eigenvalue weighted by atomic mass is 9.83. The fourth-order valence-electron chi connectivity index (χ4n) is 4.91. The number of aromatic nitrogens is 3. The van der Waals surface area contributed by atoms with Crippen LogP contribution in [0.15, 0.2) is 79.4 Å². The van der Waals surface area contributed by atoms with Crippen LogP contribution in [0.1, 0.15) is 40.2 Å². The molecule has 0 saturated carbocycles. The molecule has 0 saturated heterocycles. The zero-order valence-corrected chi connectivity index (χ0v) is 18.4. The third-order valence-corrected chi connectivity index (χ3v) is 6.41. The number of benzene rings is 2. The van der Waals surface area contributed by atoms with Crippen LogP contribution < -0.4 is 4.74 Å². The van der Waals surface area contributed by atoms with E-state index >= 15 is 0 Å². The monoisotopic (exact) mass is 441 g/mol. The zero-order chi connectivity index (χ0) is 22.6. The summed E-state index contributed by atoms with van der Waals surface area (Å²) in [4.78, 5) is 14.1. The van der Waals surface area contributed by atoms with Crippen molar-refractivity contribution in [2.75, 3.05) is 6.61 Å². The smallest absolute Gasteiger partial charge is 0.341 e. The van der Waals surface area contributed by atoms with Gasteiger partial charge in [0.15, 0.2) is 6.61 Å². The van der Waals surface area contributed by atoms with Crippen molar-refractivity contribution in [2.24, 2.45) is 5.92 Å². The molecule has 6 heteroatoms. The first-order valence-electron chi connectivity index (χ1n) is 11.3. The average Bonchev–Trinajstić information content (AvgIpc) is 3.51. The molecule has 6 nitrogen and oxygen atoms in total. The van der Waals surface area contributed by atoms with Crippen molar-refractivity contribution in [1.82, 2.24) is 14.8 Å². The zero-order valence-electron chi connectivity index (χ0n) is 18.4. The molecule has 0 aliphatic heterocycles. The van der Waals surface area contributed by atoms with E-state index in [1.54, 1.807) is 0 Å². The molecule has 0 bridgehead atoms. The highest BCUT2D eigenvalue weighted by atomic mass is 16.5. The Morgan fingerprint density at radius 2 is 2.00 bits per heavy atom. The number of H-pyrrole nitrogens is 1. The molecule has 33 heavy (non-hydrogen) atoms. The second-order valence-electron chi connectivity index (χ2n) is 8.67. The fraction of sp³-hybridized carbons (Fsp3) is 0.259. The van der Waals surface area contributed by atoms with E-state index in [4.69, 9.17) is 14.9 Å². The minimum atomic E-state index is -0.954. The van der Waals surface area contributed by atoms with E-state index in [9.17, 15) is 4.79 Å². The molecule has 2 atom stereocenters. The van der Waals surface area contributed by atoms with E-state index in [0.29, 0.717) is 11.7 Å². The molecule has 168 valence electrons. The van der Waals surface area contributed by atoms with Gasteiger partial charge in [0.25, 0.3) is 0 Å². The summed E-state index contributed by atoms with van der Waals surface area (Å²) in [5.74, 6) is 0.366. The highest BCUT2D eigenvalue weighted by Crippen LogP contribution is 2.34. The molecule has 2 unspecified atom stereocenters. The van der Waals surface area contributed by atoms with Gasteiger partial charge in [-0.15, -0.1) is 0 Å². The van der Waals surface area contributed by atoms with E-state index in [1.807, 2.05) is 30.6 Å². The van der Waals surface area contributed by atoms with Gasteiger partial charge in [-0.3, -0.25) is 4.68 Å². The fourth-order valence-corrected chi connectivity index (χ4v) is 4.91. The Hall–Kier alpha value is -3.80. The number of hydrogen-bond donors (Lipinski definition) is 2. The summed E-state index contributed by atoms with van der Waals surface area (Å²) in [6.07, 6.45) is 11.0. The number of rotatable bonds is 8. The Labute approximate surface area is 192 Å². The largest absolute Gasteiger partial charge is 0.482 e. The van der Waals surface area contributed by atoms with Gasteiger partial charge in [0, 0.05) is 36.6 Å². The topological polar surface area (TPSA) is 80.1 Å². The van der Waals surface area contributed by atoms with Gasteiger partial charge in [0.1, 0.15) is 5.75 Å². The number of carboxylic acid groups (broad SMARTS) is 1. The maximum atomic E-state index is 10.9. The number of aliphatic carboxylic acids is 1. The summed E-state index contributed by atoms with van der Waals surface area (Å²) in [5.41, 5.74) is 6.04. The highest BCUT2D eigenvalue weighted by molar-refractivity contribution is 5.68. The van der Waals surface area contributed by atoms with Gasteiger partial charge >= 0.3 is 5.97 Å². The van der Waals surface area contributed by atoms with E-state index < -0.39 is 5.97 Å². The van der Waals surface area contributed by atoms with Crippen LogP contribution in [0, 0.1) is 5.92 Å². The standard InChI is InChI=1S/C27H27N3O3/c31-26(32)18-33-25-8-4-7-21-13-19(9-10-24(21)25)16-30-17-23(15-29-30)27(22-11-12-28-14-22)20-5-2-1-3-6-20/h1-8,11-12,14-15,17,19,27-28H,9-10,13,16,18H2,(H,31,32). The second-order valence-corrected chi connectivity index (χ2v) is 8.67. The van der Waals surface area contributed by atoms with Gasteiger partial charge in [0.05, 0.1) is 6.20 Å². The van der Waals surface area contributed by atoms with Crippen molar-refractivity contribution in [3.63, 3.8) is 0 Å². The number of aromatic amines is 1. The summed E-state index contributed by atoms with van der Waals surface area (Å²) in [5, 5.41) is 13.6. The maximum absolute atomic E-state index is 10.9. The molecule has 1 aliphatic rings. The van der Waals surface area contributed by atoms with Crippen molar-refractivity contribution >= 4 is 5.97 Å². The van der Waals surface area contributed by atoms with Crippen LogP contribution in [-0.2, 0) is 24.2 Å². The quantitative estimate of drug-likeness (QED) is 0.417. The minimum absolute atomic E-state index is 0.146. The summed E-state index contributed by atoms with van der Waals surface area (Å²) in [7, 11) is 0. The summed E-state index contributed by atoms with van der Waals surface area (Å²) >= 11 is 0. The average molecular weight is 442 g/mol. The van der Waals surface area contributed by atoms with Crippen LogP contribution in [0.3, 0.4) is 0 Å². The van der Waals surface area contributed by atoms with Crippen LogP contribution in [0.5, 0.6) is 5.75 Å². The molecule has 0 radical (unpaired) electrons. The number of nitrogens with one attached hydrogen (secondary N) is 1. The Morgan fingerprint density at radius 1 is 1.12 bits per heavy atom. The number of carbonyl (C=O) groups is 1. The first-order chi connectivity index (χ1) is 16.2. The van der Waals surface area contributed by atoms with Crippen LogP contribution in [0.2, 0.25) is 0 Å². The molecular formula is C27H27N3O3. The summed E-state index contributed by atoms with van der Waals surface area (Å²) < 4.78 is 7.57. The van der Waals surface area contributed by atoms with E-state index in [1.165, 1.54) is 22.3 Å². The van der Waals surface area contributed by atoms with E-state index in [0.717, 1.165) is 31.4 Å². The number of nitrogens with zero attached hydrogens (tertiary/aromatic N) is 2. The van der Waals surface area contributed by atoms with Crippen molar-refractivity contribution in [2.45, 2.75) is 31.7 Å². The molecule has 0 amide bonds. The molecule has 2 N–H and O–H groups in total. The van der Waals surface area contributed by atoms with Crippen LogP contribution in [-0.4, -0.2) is 32.4 Å².